The van der Waals surface area contributed by atoms with Crippen molar-refractivity contribution >= 4 is 66.0 Å². The molecule has 0 saturated carbocycles. The molecule has 144 valence electrons. The summed E-state index contributed by atoms with van der Waals surface area (Å²) in [6.45, 7) is 6.48. The van der Waals surface area contributed by atoms with Crippen molar-refractivity contribution in [3.8, 4) is 5.69 Å². The van der Waals surface area contributed by atoms with Gasteiger partial charge in [0.1, 0.15) is 5.58 Å². The minimum Gasteiger partial charge on any atom is -0.464 e. The van der Waals surface area contributed by atoms with Crippen LogP contribution in [0.5, 0.6) is 0 Å². The van der Waals surface area contributed by atoms with Gasteiger partial charge in [0.15, 0.2) is 0 Å². The van der Waals surface area contributed by atoms with E-state index in [0.717, 1.165) is 32.4 Å². The van der Waals surface area contributed by atoms with E-state index in [0.29, 0.717) is 0 Å². The average Bonchev–Trinajstić information content (AvgIpc) is 3.45. The van der Waals surface area contributed by atoms with Crippen molar-refractivity contribution in [3.63, 3.8) is 0 Å². The minimum atomic E-state index is 0.891. The van der Waals surface area contributed by atoms with Gasteiger partial charge in [-0.2, -0.15) is 0 Å². The fourth-order valence-electron chi connectivity index (χ4n) is 4.36. The van der Waals surface area contributed by atoms with Crippen molar-refractivity contribution in [2.24, 2.45) is 0 Å². The van der Waals surface area contributed by atoms with E-state index in [1.165, 1.54) is 25.9 Å². The highest BCUT2D eigenvalue weighted by atomic mass is 32.1. The summed E-state index contributed by atoms with van der Waals surface area (Å²) in [5.41, 5.74) is 3.18. The third kappa shape index (κ3) is 2.36. The number of aromatic nitrogens is 1. The van der Waals surface area contributed by atoms with E-state index in [9.17, 15) is 0 Å². The molecular weight excluding hydrogens is 386 g/mol. The molecule has 3 heteroatoms. The summed E-state index contributed by atoms with van der Waals surface area (Å²) in [6, 6.07) is 21.5. The molecule has 3 aromatic heterocycles. The van der Waals surface area contributed by atoms with Crippen LogP contribution in [0.25, 0.3) is 60.4 Å². The first-order chi connectivity index (χ1) is 14.8. The molecule has 0 aliphatic heterocycles. The molecule has 0 radical (unpaired) electrons. The number of hydrogen-bond donors (Lipinski definition) is 0. The van der Waals surface area contributed by atoms with Crippen molar-refractivity contribution in [1.29, 1.82) is 0 Å². The van der Waals surface area contributed by atoms with Crippen LogP contribution in [0, 0.1) is 0 Å². The summed E-state index contributed by atoms with van der Waals surface area (Å²) in [5.74, 6) is 0. The Hall–Kier alpha value is -3.56. The Morgan fingerprint density at radius 3 is 2.73 bits per heavy atom. The first kappa shape index (κ1) is 17.3. The number of hydrogen-bond acceptors (Lipinski definition) is 2. The molecule has 0 aliphatic rings. The van der Waals surface area contributed by atoms with Gasteiger partial charge in [-0.25, -0.2) is 0 Å². The second-order valence-electron chi connectivity index (χ2n) is 7.47. The number of allylic oxidation sites excluding steroid dienone is 2. The maximum absolute atomic E-state index is 5.73. The predicted octanol–water partition coefficient (Wildman–Crippen LogP) is 6.51. The summed E-state index contributed by atoms with van der Waals surface area (Å²) in [5, 5.41) is 6.97. The topological polar surface area (TPSA) is 18.1 Å². The van der Waals surface area contributed by atoms with Crippen LogP contribution in [0.3, 0.4) is 0 Å². The number of nitrogens with zero attached hydrogens (tertiary/aromatic N) is 1. The van der Waals surface area contributed by atoms with E-state index in [4.69, 9.17) is 4.42 Å². The normalized spacial score (nSPS) is 13.0. The summed E-state index contributed by atoms with van der Waals surface area (Å²) >= 11 is 1.84. The first-order valence-electron chi connectivity index (χ1n) is 10.0. The Morgan fingerprint density at radius 2 is 1.83 bits per heavy atom. The molecule has 0 saturated heterocycles. The zero-order valence-electron chi connectivity index (χ0n) is 16.6. The molecule has 30 heavy (non-hydrogen) atoms. The molecule has 0 aliphatic carbocycles. The van der Waals surface area contributed by atoms with Crippen LogP contribution in [-0.2, 0) is 0 Å². The Labute approximate surface area is 177 Å². The average molecular weight is 406 g/mol. The van der Waals surface area contributed by atoms with Gasteiger partial charge in [-0.15, -0.1) is 11.3 Å². The van der Waals surface area contributed by atoms with Crippen LogP contribution in [0.2, 0.25) is 0 Å². The lowest BCUT2D eigenvalue weighted by atomic mass is 10.1. The fourth-order valence-corrected chi connectivity index (χ4v) is 5.56. The summed E-state index contributed by atoms with van der Waals surface area (Å²) in [7, 11) is 0. The largest absolute Gasteiger partial charge is 0.464 e. The molecule has 0 N–H and O–H groups in total. The van der Waals surface area contributed by atoms with E-state index in [1.807, 2.05) is 30.4 Å². The van der Waals surface area contributed by atoms with Gasteiger partial charge in [-0.3, -0.25) is 0 Å². The molecular formula is C27H19NOS. The van der Waals surface area contributed by atoms with Gasteiger partial charge in [0, 0.05) is 37.5 Å². The predicted molar refractivity (Wildman–Crippen MR) is 130 cm³/mol. The van der Waals surface area contributed by atoms with Crippen LogP contribution in [-0.4, -0.2) is 4.57 Å². The summed E-state index contributed by atoms with van der Waals surface area (Å²) < 4.78 is 10.6. The molecule has 2 nitrogen and oxygen atoms in total. The smallest absolute Gasteiger partial charge is 0.135 e. The molecule has 3 aromatic carbocycles. The first-order valence-corrected chi connectivity index (χ1v) is 10.8. The molecule has 0 spiro atoms. The SMILES string of the molecule is C=c1/c(=C\C=C/C)n(-c2cccc3c2sc2ccccc23)c2cc3occc3cc12. The van der Waals surface area contributed by atoms with Crippen molar-refractivity contribution < 1.29 is 4.42 Å². The van der Waals surface area contributed by atoms with Crippen LogP contribution in [0.1, 0.15) is 6.92 Å². The van der Waals surface area contributed by atoms with Gasteiger partial charge in [0.05, 0.1) is 27.5 Å². The Morgan fingerprint density at radius 1 is 0.967 bits per heavy atom. The number of furan rings is 1. The highest BCUT2D eigenvalue weighted by Crippen LogP contribution is 2.37. The van der Waals surface area contributed by atoms with Gasteiger partial charge in [0.2, 0.25) is 0 Å². The number of benzene rings is 3. The van der Waals surface area contributed by atoms with E-state index >= 15 is 0 Å². The lowest BCUT2D eigenvalue weighted by Gasteiger charge is -2.08. The molecule has 0 fully saturated rings. The standard InChI is InChI=1S/C27H19NOS/c1-3-4-10-22-17(2)21-15-18-13-14-29-25(18)16-24(21)28(22)23-11-7-9-20-19-8-5-6-12-26(19)30-27(20)23/h3-16H,2H2,1H3/b4-3-,22-10+. The van der Waals surface area contributed by atoms with E-state index in [1.54, 1.807) is 6.26 Å². The maximum Gasteiger partial charge on any atom is 0.135 e. The highest BCUT2D eigenvalue weighted by Gasteiger charge is 2.15. The zero-order valence-corrected chi connectivity index (χ0v) is 17.4. The van der Waals surface area contributed by atoms with Crippen LogP contribution >= 0.6 is 11.3 Å². The third-order valence-corrected chi connectivity index (χ3v) is 6.97. The fraction of sp³-hybridized carbons (Fsp3) is 0.0370. The number of thiophene rings is 1. The molecule has 6 aromatic rings. The molecule has 6 rings (SSSR count). The van der Waals surface area contributed by atoms with Gasteiger partial charge in [0.25, 0.3) is 0 Å². The molecule has 0 atom stereocenters. The lowest BCUT2D eigenvalue weighted by Crippen LogP contribution is -2.27. The van der Waals surface area contributed by atoms with Crippen molar-refractivity contribution in [1.82, 2.24) is 4.57 Å². The minimum absolute atomic E-state index is 0.891. The van der Waals surface area contributed by atoms with Crippen molar-refractivity contribution in [3.05, 3.63) is 89.6 Å². The Kier molecular flexibility index (Phi) is 3.74. The Bertz CT molecular complexity index is 1730. The van der Waals surface area contributed by atoms with Crippen molar-refractivity contribution in [2.45, 2.75) is 6.92 Å². The Balaban J connectivity index is 1.83. The second-order valence-corrected chi connectivity index (χ2v) is 8.52. The third-order valence-electron chi connectivity index (χ3n) is 5.76. The van der Waals surface area contributed by atoms with Crippen LogP contribution < -0.4 is 10.6 Å². The number of fused-ring (bicyclic) bond motifs is 5. The van der Waals surface area contributed by atoms with E-state index in [2.05, 4.69) is 77.9 Å². The molecule has 3 heterocycles. The quantitative estimate of drug-likeness (QED) is 0.321. The second kappa shape index (κ2) is 6.48. The van der Waals surface area contributed by atoms with E-state index in [-0.39, 0.29) is 0 Å². The number of rotatable bonds is 2. The maximum atomic E-state index is 5.73. The zero-order chi connectivity index (χ0) is 20.2. The molecule has 0 bridgehead atoms. The van der Waals surface area contributed by atoms with Gasteiger partial charge in [-0.05, 0) is 37.3 Å². The van der Waals surface area contributed by atoms with Crippen molar-refractivity contribution in [2.75, 3.05) is 0 Å². The van der Waals surface area contributed by atoms with Gasteiger partial charge < -0.3 is 8.98 Å². The molecule has 0 amide bonds. The summed E-state index contributed by atoms with van der Waals surface area (Å²) in [4.78, 5) is 0. The molecule has 0 unspecified atom stereocenters. The van der Waals surface area contributed by atoms with Crippen LogP contribution in [0.15, 0.2) is 83.5 Å². The van der Waals surface area contributed by atoms with Gasteiger partial charge in [-0.1, -0.05) is 49.1 Å². The lowest BCUT2D eigenvalue weighted by molar-refractivity contribution is 0.616. The summed E-state index contributed by atoms with van der Waals surface area (Å²) in [6.07, 6.45) is 8.02. The highest BCUT2D eigenvalue weighted by molar-refractivity contribution is 7.26. The van der Waals surface area contributed by atoms with Gasteiger partial charge >= 0.3 is 0 Å². The monoisotopic (exact) mass is 405 g/mol. The van der Waals surface area contributed by atoms with Crippen LogP contribution in [0.4, 0.5) is 0 Å². The van der Waals surface area contributed by atoms with E-state index < -0.39 is 0 Å².